The molecule has 63 valence electrons. The molecule has 2 aromatic carbocycles. The minimum Gasteiger partial charge on any atom is -0.0616 e. The van der Waals surface area contributed by atoms with E-state index in [4.69, 9.17) is 0 Å². The van der Waals surface area contributed by atoms with Crippen molar-refractivity contribution in [1.29, 1.82) is 0 Å². The van der Waals surface area contributed by atoms with E-state index in [1.165, 1.54) is 29.2 Å². The average molecular weight is 167 g/mol. The number of hydrogen-bond donors (Lipinski definition) is 0. The van der Waals surface area contributed by atoms with Crippen LogP contribution in [0.2, 0.25) is 0 Å². The summed E-state index contributed by atoms with van der Waals surface area (Å²) in [5, 5.41) is 2.65. The van der Waals surface area contributed by atoms with E-state index in [-0.39, 0.29) is 0 Å². The smallest absolute Gasteiger partial charge is 0.0140 e. The van der Waals surface area contributed by atoms with Crippen LogP contribution in [0.25, 0.3) is 10.8 Å². The molecule has 0 unspecified atom stereocenters. The first kappa shape index (κ1) is 7.14. The van der Waals surface area contributed by atoms with Crippen molar-refractivity contribution in [2.24, 2.45) is 0 Å². The molecule has 0 spiro atoms. The normalized spacial score (nSPS) is 16.3. The van der Waals surface area contributed by atoms with Gasteiger partial charge in [-0.05, 0) is 47.2 Å². The Kier molecular flexibility index (Phi) is 1.42. The van der Waals surface area contributed by atoms with Gasteiger partial charge in [0, 0.05) is 0 Å². The molecule has 0 N–H and O–H groups in total. The lowest BCUT2D eigenvalue weighted by Crippen LogP contribution is -1.79. The van der Waals surface area contributed by atoms with E-state index in [0.717, 1.165) is 5.92 Å². The number of rotatable bonds is 1. The second kappa shape index (κ2) is 2.59. The topological polar surface area (TPSA) is 0 Å². The lowest BCUT2D eigenvalue weighted by Gasteiger charge is -2.00. The van der Waals surface area contributed by atoms with Crippen LogP contribution in [0.5, 0.6) is 0 Å². The molecular weight excluding hydrogens is 156 g/mol. The Morgan fingerprint density at radius 3 is 2.62 bits per heavy atom. The van der Waals surface area contributed by atoms with Crippen molar-refractivity contribution in [3.05, 3.63) is 48.0 Å². The van der Waals surface area contributed by atoms with Crippen LogP contribution in [0.1, 0.15) is 24.3 Å². The van der Waals surface area contributed by atoms with Crippen molar-refractivity contribution in [3.63, 3.8) is 0 Å². The summed E-state index contributed by atoms with van der Waals surface area (Å²) in [6.45, 7) is 0. The molecule has 0 nitrogen and oxygen atoms in total. The molecule has 0 aromatic heterocycles. The minimum absolute atomic E-state index is 0.810. The predicted octanol–water partition coefficient (Wildman–Crippen LogP) is 3.52. The summed E-state index contributed by atoms with van der Waals surface area (Å²) >= 11 is 0. The van der Waals surface area contributed by atoms with Crippen LogP contribution in [0.3, 0.4) is 0 Å². The summed E-state index contributed by atoms with van der Waals surface area (Å²) < 4.78 is 0. The molecular formula is C13H11. The number of hydrogen-bond acceptors (Lipinski definition) is 0. The summed E-state index contributed by atoms with van der Waals surface area (Å²) in [4.78, 5) is 0. The van der Waals surface area contributed by atoms with E-state index in [1.54, 1.807) is 0 Å². The molecule has 13 heavy (non-hydrogen) atoms. The fourth-order valence-electron chi connectivity index (χ4n) is 1.77. The van der Waals surface area contributed by atoms with Gasteiger partial charge in [-0.25, -0.2) is 0 Å². The van der Waals surface area contributed by atoms with Crippen LogP contribution < -0.4 is 0 Å². The largest absolute Gasteiger partial charge is 0.0616 e. The highest BCUT2D eigenvalue weighted by Gasteiger charge is 2.23. The first-order valence-corrected chi connectivity index (χ1v) is 4.84. The molecule has 0 heteroatoms. The summed E-state index contributed by atoms with van der Waals surface area (Å²) in [7, 11) is 0. The summed E-state index contributed by atoms with van der Waals surface area (Å²) in [5.41, 5.74) is 1.40. The highest BCUT2D eigenvalue weighted by atomic mass is 14.3. The predicted molar refractivity (Wildman–Crippen MR) is 54.8 cm³/mol. The molecule has 1 saturated carbocycles. The Morgan fingerprint density at radius 2 is 1.85 bits per heavy atom. The van der Waals surface area contributed by atoms with Gasteiger partial charge < -0.3 is 0 Å². The average Bonchev–Trinajstić information content (AvgIpc) is 3.00. The van der Waals surface area contributed by atoms with Crippen LogP contribution in [-0.4, -0.2) is 0 Å². The lowest BCUT2D eigenvalue weighted by atomic mass is 10.0. The molecule has 1 aliphatic rings. The van der Waals surface area contributed by atoms with Gasteiger partial charge in [0.05, 0.1) is 0 Å². The van der Waals surface area contributed by atoms with E-state index in [2.05, 4.69) is 42.5 Å². The second-order valence-corrected chi connectivity index (χ2v) is 3.79. The Bertz CT molecular complexity index is 438. The van der Waals surface area contributed by atoms with Gasteiger partial charge >= 0.3 is 0 Å². The fourth-order valence-corrected chi connectivity index (χ4v) is 1.77. The second-order valence-electron chi connectivity index (χ2n) is 3.79. The van der Waals surface area contributed by atoms with Gasteiger partial charge in [0.15, 0.2) is 0 Å². The third-order valence-corrected chi connectivity index (χ3v) is 2.72. The van der Waals surface area contributed by atoms with Gasteiger partial charge in [-0.15, -0.1) is 0 Å². The van der Waals surface area contributed by atoms with E-state index in [9.17, 15) is 0 Å². The van der Waals surface area contributed by atoms with Crippen LogP contribution in [-0.2, 0) is 0 Å². The standard InChI is InChI=1S/C13H11/c1-2-4-12-9-13(11-5-6-11)8-7-10(12)3-1/h1-4,7,9,11H,5-6H2. The van der Waals surface area contributed by atoms with Crippen LogP contribution in [0, 0.1) is 6.07 Å². The van der Waals surface area contributed by atoms with Gasteiger partial charge in [0.25, 0.3) is 0 Å². The summed E-state index contributed by atoms with van der Waals surface area (Å²) in [5.74, 6) is 0.810. The third-order valence-electron chi connectivity index (χ3n) is 2.72. The lowest BCUT2D eigenvalue weighted by molar-refractivity contribution is 1.13. The van der Waals surface area contributed by atoms with E-state index in [1.807, 2.05) is 0 Å². The Labute approximate surface area is 78.2 Å². The highest BCUT2D eigenvalue weighted by molar-refractivity contribution is 5.83. The fraction of sp³-hybridized carbons (Fsp3) is 0.231. The molecule has 0 bridgehead atoms. The molecule has 0 saturated heterocycles. The van der Waals surface area contributed by atoms with Crippen LogP contribution in [0.4, 0.5) is 0 Å². The minimum atomic E-state index is 0.810. The molecule has 0 heterocycles. The zero-order chi connectivity index (χ0) is 8.67. The van der Waals surface area contributed by atoms with Gasteiger partial charge in [-0.2, -0.15) is 0 Å². The molecule has 2 aromatic rings. The Balaban J connectivity index is 2.21. The van der Waals surface area contributed by atoms with E-state index in [0.29, 0.717) is 0 Å². The van der Waals surface area contributed by atoms with E-state index >= 15 is 0 Å². The first-order chi connectivity index (χ1) is 6.43. The van der Waals surface area contributed by atoms with Crippen molar-refractivity contribution in [2.45, 2.75) is 18.8 Å². The molecule has 0 amide bonds. The zero-order valence-electron chi connectivity index (χ0n) is 7.46. The number of fused-ring (bicyclic) bond motifs is 1. The molecule has 1 fully saturated rings. The molecule has 1 aliphatic carbocycles. The first-order valence-electron chi connectivity index (χ1n) is 4.84. The maximum atomic E-state index is 3.37. The maximum absolute atomic E-state index is 3.37. The van der Waals surface area contributed by atoms with Gasteiger partial charge in [-0.1, -0.05) is 30.3 Å². The van der Waals surface area contributed by atoms with Crippen molar-refractivity contribution in [2.75, 3.05) is 0 Å². The molecule has 0 atom stereocenters. The van der Waals surface area contributed by atoms with Gasteiger partial charge in [-0.3, -0.25) is 0 Å². The SMILES string of the molecule is [c]1cc2ccccc2cc1C1CC1. The van der Waals surface area contributed by atoms with Crippen molar-refractivity contribution in [3.8, 4) is 0 Å². The summed E-state index contributed by atoms with van der Waals surface area (Å²) in [6.07, 6.45) is 2.71. The van der Waals surface area contributed by atoms with Gasteiger partial charge in [0.1, 0.15) is 0 Å². The summed E-state index contributed by atoms with van der Waals surface area (Å²) in [6, 6.07) is 16.3. The van der Waals surface area contributed by atoms with Crippen molar-refractivity contribution >= 4 is 10.8 Å². The van der Waals surface area contributed by atoms with Crippen LogP contribution >= 0.6 is 0 Å². The van der Waals surface area contributed by atoms with Crippen LogP contribution in [0.15, 0.2) is 36.4 Å². The monoisotopic (exact) mass is 167 g/mol. The number of benzene rings is 2. The van der Waals surface area contributed by atoms with Crippen molar-refractivity contribution in [1.82, 2.24) is 0 Å². The molecule has 0 aliphatic heterocycles. The highest BCUT2D eigenvalue weighted by Crippen LogP contribution is 2.40. The Morgan fingerprint density at radius 1 is 1.08 bits per heavy atom. The van der Waals surface area contributed by atoms with Crippen molar-refractivity contribution < 1.29 is 0 Å². The van der Waals surface area contributed by atoms with E-state index < -0.39 is 0 Å². The maximum Gasteiger partial charge on any atom is -0.0140 e. The molecule has 1 radical (unpaired) electrons. The third kappa shape index (κ3) is 1.23. The Hall–Kier alpha value is -1.30. The zero-order valence-corrected chi connectivity index (χ0v) is 7.46. The van der Waals surface area contributed by atoms with Gasteiger partial charge in [0.2, 0.25) is 0 Å². The molecule has 3 rings (SSSR count). The quantitative estimate of drug-likeness (QED) is 0.609.